The molecule has 46 heavy (non-hydrogen) atoms. The van der Waals surface area contributed by atoms with Crippen LogP contribution in [0.15, 0.2) is 0 Å². The minimum absolute atomic E-state index is 0.131. The molecule has 0 fully saturated rings. The number of hydrogen-bond acceptors (Lipinski definition) is 8. The van der Waals surface area contributed by atoms with E-state index >= 15 is 0 Å². The standard InChI is InChI=1S/C37H71NO8/c1-4-6-8-10-12-14-16-18-20-22-24-26-35(39)44-32-34(33-45-37(41)38-28-29-43-31-30-42-3)46-36(40)27-25-23-21-19-17-15-13-11-9-7-5-2/h34H,4-33H2,1-3H3,(H,38,41). The van der Waals surface area contributed by atoms with Crippen molar-refractivity contribution in [3.8, 4) is 0 Å². The molecule has 0 rings (SSSR count). The fraction of sp³-hybridized carbons (Fsp3) is 0.919. The molecule has 0 aromatic rings. The molecule has 0 aliphatic heterocycles. The highest BCUT2D eigenvalue weighted by atomic mass is 16.6. The molecule has 1 amide bonds. The first kappa shape index (κ1) is 44.1. The Morgan fingerprint density at radius 1 is 0.522 bits per heavy atom. The van der Waals surface area contributed by atoms with Crippen molar-refractivity contribution in [2.45, 2.75) is 174 Å². The van der Waals surface area contributed by atoms with Crippen molar-refractivity contribution < 1.29 is 38.1 Å². The maximum atomic E-state index is 12.5. The summed E-state index contributed by atoms with van der Waals surface area (Å²) >= 11 is 0. The van der Waals surface area contributed by atoms with Crippen molar-refractivity contribution in [3.05, 3.63) is 0 Å². The smallest absolute Gasteiger partial charge is 0.407 e. The van der Waals surface area contributed by atoms with Crippen LogP contribution in [0.2, 0.25) is 0 Å². The zero-order valence-electron chi connectivity index (χ0n) is 30.1. The van der Waals surface area contributed by atoms with E-state index in [1.54, 1.807) is 7.11 Å². The van der Waals surface area contributed by atoms with E-state index in [0.717, 1.165) is 38.5 Å². The molecule has 1 unspecified atom stereocenters. The summed E-state index contributed by atoms with van der Waals surface area (Å²) in [6, 6.07) is 0. The van der Waals surface area contributed by atoms with Gasteiger partial charge in [0, 0.05) is 26.5 Å². The SMILES string of the molecule is CCCCCCCCCCCCCC(=O)OCC(COC(=O)NCCOCCOC)OC(=O)CCCCCCCCCCCCC. The summed E-state index contributed by atoms with van der Waals surface area (Å²) in [6.45, 7) is 5.68. The molecule has 0 saturated heterocycles. The third-order valence-corrected chi connectivity index (χ3v) is 8.05. The van der Waals surface area contributed by atoms with Gasteiger partial charge in [-0.15, -0.1) is 0 Å². The quantitative estimate of drug-likeness (QED) is 0.0408. The lowest BCUT2D eigenvalue weighted by atomic mass is 10.1. The Morgan fingerprint density at radius 2 is 0.957 bits per heavy atom. The van der Waals surface area contributed by atoms with Crippen molar-refractivity contribution >= 4 is 18.0 Å². The highest BCUT2D eigenvalue weighted by Crippen LogP contribution is 2.14. The number of carbonyl (C=O) groups is 3. The molecule has 1 atom stereocenters. The molecule has 0 aromatic carbocycles. The van der Waals surface area contributed by atoms with E-state index in [9.17, 15) is 14.4 Å². The second kappa shape index (κ2) is 36.0. The summed E-state index contributed by atoms with van der Waals surface area (Å²) in [4.78, 5) is 37.0. The van der Waals surface area contributed by atoms with Crippen molar-refractivity contribution in [1.29, 1.82) is 0 Å². The molecule has 0 aliphatic carbocycles. The van der Waals surface area contributed by atoms with Gasteiger partial charge in [-0.3, -0.25) is 9.59 Å². The van der Waals surface area contributed by atoms with Crippen LogP contribution in [-0.4, -0.2) is 70.8 Å². The second-order valence-corrected chi connectivity index (χ2v) is 12.5. The Bertz CT molecular complexity index is 690. The molecule has 0 heterocycles. The average Bonchev–Trinajstić information content (AvgIpc) is 3.05. The number of rotatable bonds is 35. The number of alkyl carbamates (subject to hydrolysis) is 1. The van der Waals surface area contributed by atoms with Gasteiger partial charge < -0.3 is 29.0 Å². The minimum atomic E-state index is -0.842. The number of carbonyl (C=O) groups excluding carboxylic acids is 3. The first-order valence-corrected chi connectivity index (χ1v) is 18.9. The van der Waals surface area contributed by atoms with E-state index in [2.05, 4.69) is 19.2 Å². The van der Waals surface area contributed by atoms with Crippen LogP contribution >= 0.6 is 0 Å². The van der Waals surface area contributed by atoms with Gasteiger partial charge in [0.15, 0.2) is 6.10 Å². The molecule has 0 bridgehead atoms. The van der Waals surface area contributed by atoms with Gasteiger partial charge >= 0.3 is 18.0 Å². The van der Waals surface area contributed by atoms with E-state index < -0.39 is 12.2 Å². The van der Waals surface area contributed by atoms with Crippen LogP contribution in [0, 0.1) is 0 Å². The third-order valence-electron chi connectivity index (χ3n) is 8.05. The van der Waals surface area contributed by atoms with Crippen LogP contribution in [0.25, 0.3) is 0 Å². The van der Waals surface area contributed by atoms with Gasteiger partial charge in [-0.2, -0.15) is 0 Å². The van der Waals surface area contributed by atoms with Crippen molar-refractivity contribution in [3.63, 3.8) is 0 Å². The molecular formula is C37H71NO8. The second-order valence-electron chi connectivity index (χ2n) is 12.5. The fourth-order valence-corrected chi connectivity index (χ4v) is 5.18. The van der Waals surface area contributed by atoms with Gasteiger partial charge in [-0.25, -0.2) is 4.79 Å². The molecule has 1 N–H and O–H groups in total. The summed E-state index contributed by atoms with van der Waals surface area (Å²) in [5.41, 5.74) is 0. The van der Waals surface area contributed by atoms with E-state index in [1.807, 2.05) is 0 Å². The first-order chi connectivity index (χ1) is 22.5. The maximum absolute atomic E-state index is 12.5. The summed E-state index contributed by atoms with van der Waals surface area (Å²) in [5, 5.41) is 2.60. The van der Waals surface area contributed by atoms with Crippen molar-refractivity contribution in [2.75, 3.05) is 46.7 Å². The molecule has 0 aromatic heterocycles. The van der Waals surface area contributed by atoms with E-state index in [-0.39, 0.29) is 31.7 Å². The van der Waals surface area contributed by atoms with Crippen LogP contribution in [0.4, 0.5) is 4.79 Å². The summed E-state index contributed by atoms with van der Waals surface area (Å²) in [5.74, 6) is -0.683. The third kappa shape index (κ3) is 33.5. The van der Waals surface area contributed by atoms with E-state index in [4.69, 9.17) is 23.7 Å². The number of unbranched alkanes of at least 4 members (excludes halogenated alkanes) is 20. The molecule has 0 saturated carbocycles. The van der Waals surface area contributed by atoms with Gasteiger partial charge in [0.2, 0.25) is 0 Å². The Labute approximate surface area is 281 Å². The number of methoxy groups -OCH3 is 1. The average molecular weight is 658 g/mol. The van der Waals surface area contributed by atoms with E-state index in [1.165, 1.54) is 103 Å². The Balaban J connectivity index is 4.29. The number of nitrogens with one attached hydrogen (secondary N) is 1. The highest BCUT2D eigenvalue weighted by Gasteiger charge is 2.19. The highest BCUT2D eigenvalue weighted by molar-refractivity contribution is 5.70. The molecule has 0 spiro atoms. The van der Waals surface area contributed by atoms with Crippen LogP contribution in [0.3, 0.4) is 0 Å². The van der Waals surface area contributed by atoms with Crippen LogP contribution < -0.4 is 5.32 Å². The lowest BCUT2D eigenvalue weighted by Crippen LogP contribution is -2.34. The lowest BCUT2D eigenvalue weighted by molar-refractivity contribution is -0.161. The van der Waals surface area contributed by atoms with Gasteiger partial charge in [0.05, 0.1) is 19.8 Å². The normalized spacial score (nSPS) is 11.7. The molecule has 0 radical (unpaired) electrons. The van der Waals surface area contributed by atoms with Gasteiger partial charge in [-0.1, -0.05) is 142 Å². The number of esters is 2. The van der Waals surface area contributed by atoms with Crippen molar-refractivity contribution in [2.24, 2.45) is 0 Å². The topological polar surface area (TPSA) is 109 Å². The number of ether oxygens (including phenoxy) is 5. The summed E-state index contributed by atoms with van der Waals surface area (Å²) in [7, 11) is 1.59. The van der Waals surface area contributed by atoms with Gasteiger partial charge in [0.1, 0.15) is 13.2 Å². The molecule has 0 aliphatic rings. The largest absolute Gasteiger partial charge is 0.462 e. The predicted octanol–water partition coefficient (Wildman–Crippen LogP) is 9.23. The van der Waals surface area contributed by atoms with Crippen LogP contribution in [0.5, 0.6) is 0 Å². The molecule has 9 heteroatoms. The monoisotopic (exact) mass is 658 g/mol. The predicted molar refractivity (Wildman–Crippen MR) is 185 cm³/mol. The Hall–Kier alpha value is -1.87. The minimum Gasteiger partial charge on any atom is -0.462 e. The van der Waals surface area contributed by atoms with E-state index in [0.29, 0.717) is 32.7 Å². The maximum Gasteiger partial charge on any atom is 0.407 e. The number of hydrogen-bond donors (Lipinski definition) is 1. The lowest BCUT2D eigenvalue weighted by Gasteiger charge is -2.18. The Kier molecular flexibility index (Phi) is 34.5. The number of amides is 1. The zero-order valence-corrected chi connectivity index (χ0v) is 30.1. The Morgan fingerprint density at radius 3 is 1.43 bits per heavy atom. The summed E-state index contributed by atoms with van der Waals surface area (Å²) in [6.07, 6.45) is 25.7. The van der Waals surface area contributed by atoms with Crippen LogP contribution in [-0.2, 0) is 33.3 Å². The molecule has 272 valence electrons. The van der Waals surface area contributed by atoms with Crippen molar-refractivity contribution in [1.82, 2.24) is 5.32 Å². The van der Waals surface area contributed by atoms with Crippen LogP contribution in [0.1, 0.15) is 168 Å². The molecular weight excluding hydrogens is 586 g/mol. The zero-order chi connectivity index (χ0) is 33.8. The van der Waals surface area contributed by atoms with Gasteiger partial charge in [-0.05, 0) is 12.8 Å². The fourth-order valence-electron chi connectivity index (χ4n) is 5.18. The molecule has 9 nitrogen and oxygen atoms in total. The van der Waals surface area contributed by atoms with Gasteiger partial charge in [0.25, 0.3) is 0 Å². The first-order valence-electron chi connectivity index (χ1n) is 18.9. The summed E-state index contributed by atoms with van der Waals surface area (Å²) < 4.78 is 26.5.